The van der Waals surface area contributed by atoms with Crippen LogP contribution in [0.3, 0.4) is 0 Å². The van der Waals surface area contributed by atoms with Crippen LogP contribution in [0.5, 0.6) is 0 Å². The molecule has 6 heteroatoms. The third kappa shape index (κ3) is 2.59. The second-order valence-corrected chi connectivity index (χ2v) is 6.78. The number of thiophene rings is 1. The van der Waals surface area contributed by atoms with Crippen LogP contribution >= 0.6 is 11.3 Å². The Bertz CT molecular complexity index is 562. The van der Waals surface area contributed by atoms with Crippen LogP contribution in [0.1, 0.15) is 41.9 Å². The molecule has 1 aliphatic heterocycles. The van der Waals surface area contributed by atoms with E-state index < -0.39 is 5.97 Å². The molecule has 0 radical (unpaired) electrons. The lowest BCUT2D eigenvalue weighted by atomic mass is 9.83. The number of hydrogen-bond acceptors (Lipinski definition) is 6. The molecule has 0 unspecified atom stereocenters. The quantitative estimate of drug-likeness (QED) is 0.848. The maximum atomic E-state index is 11.9. The summed E-state index contributed by atoms with van der Waals surface area (Å²) >= 11 is 1.28. The first-order chi connectivity index (χ1) is 9.39. The lowest BCUT2D eigenvalue weighted by Gasteiger charge is -2.37. The Morgan fingerprint density at radius 1 is 1.45 bits per heavy atom. The van der Waals surface area contributed by atoms with Gasteiger partial charge < -0.3 is 15.4 Å². The maximum Gasteiger partial charge on any atom is 0.343 e. The number of ether oxygens (including phenoxy) is 1. The Balaban J connectivity index is 2.37. The van der Waals surface area contributed by atoms with Crippen LogP contribution in [0, 0.1) is 16.7 Å². The molecule has 1 fully saturated rings. The van der Waals surface area contributed by atoms with Crippen molar-refractivity contribution in [3.05, 3.63) is 10.4 Å². The summed E-state index contributed by atoms with van der Waals surface area (Å²) < 4.78 is 4.80. The third-order valence-electron chi connectivity index (χ3n) is 3.82. The highest BCUT2D eigenvalue weighted by Gasteiger charge is 2.31. The molecule has 0 aromatic carbocycles. The maximum absolute atomic E-state index is 11.9. The number of anilines is 2. The predicted octanol–water partition coefficient (Wildman–Crippen LogP) is 2.61. The zero-order valence-corrected chi connectivity index (χ0v) is 12.8. The van der Waals surface area contributed by atoms with Crippen molar-refractivity contribution in [1.82, 2.24) is 0 Å². The summed E-state index contributed by atoms with van der Waals surface area (Å²) in [4.78, 5) is 14.4. The lowest BCUT2D eigenvalue weighted by Crippen LogP contribution is -2.37. The number of rotatable bonds is 2. The zero-order chi connectivity index (χ0) is 14.9. The van der Waals surface area contributed by atoms with E-state index in [-0.39, 0.29) is 5.69 Å². The van der Waals surface area contributed by atoms with Gasteiger partial charge in [0.2, 0.25) is 0 Å². The van der Waals surface area contributed by atoms with E-state index in [1.165, 1.54) is 18.4 Å². The van der Waals surface area contributed by atoms with Gasteiger partial charge in [-0.05, 0) is 18.3 Å². The second-order valence-electron chi connectivity index (χ2n) is 5.78. The van der Waals surface area contributed by atoms with Crippen molar-refractivity contribution < 1.29 is 9.53 Å². The fourth-order valence-corrected chi connectivity index (χ4v) is 3.41. The minimum Gasteiger partial charge on any atom is -0.465 e. The molecule has 108 valence electrons. The Kier molecular flexibility index (Phi) is 3.91. The first kappa shape index (κ1) is 14.7. The molecule has 0 atom stereocenters. The molecule has 0 saturated carbocycles. The molecule has 2 heterocycles. The highest BCUT2D eigenvalue weighted by Crippen LogP contribution is 2.41. The van der Waals surface area contributed by atoms with Gasteiger partial charge in [0.05, 0.1) is 12.8 Å². The van der Waals surface area contributed by atoms with Crippen molar-refractivity contribution >= 4 is 28.0 Å². The molecule has 20 heavy (non-hydrogen) atoms. The van der Waals surface area contributed by atoms with Crippen LogP contribution in [0.4, 0.5) is 10.7 Å². The molecule has 0 bridgehead atoms. The topological polar surface area (TPSA) is 79.3 Å². The van der Waals surface area contributed by atoms with Crippen molar-refractivity contribution in [2.24, 2.45) is 5.41 Å². The number of nitrogen functional groups attached to an aromatic ring is 1. The fourth-order valence-electron chi connectivity index (χ4n) is 2.35. The van der Waals surface area contributed by atoms with Crippen molar-refractivity contribution in [2.45, 2.75) is 26.7 Å². The van der Waals surface area contributed by atoms with E-state index in [1.54, 1.807) is 0 Å². The van der Waals surface area contributed by atoms with Gasteiger partial charge in [0.1, 0.15) is 21.5 Å². The van der Waals surface area contributed by atoms with Crippen LogP contribution < -0.4 is 10.6 Å². The fraction of sp³-hybridized carbons (Fsp3) is 0.571. The van der Waals surface area contributed by atoms with E-state index in [9.17, 15) is 4.79 Å². The molecule has 2 N–H and O–H groups in total. The first-order valence-electron chi connectivity index (χ1n) is 6.55. The third-order valence-corrected chi connectivity index (χ3v) is 4.99. The number of carbonyl (C=O) groups is 1. The van der Waals surface area contributed by atoms with Gasteiger partial charge in [-0.2, -0.15) is 5.26 Å². The van der Waals surface area contributed by atoms with E-state index in [2.05, 4.69) is 18.7 Å². The number of nitriles is 1. The van der Waals surface area contributed by atoms with Crippen LogP contribution in [-0.2, 0) is 4.74 Å². The van der Waals surface area contributed by atoms with Gasteiger partial charge in [0.25, 0.3) is 0 Å². The highest BCUT2D eigenvalue weighted by atomic mass is 32.1. The number of carbonyl (C=O) groups excluding carboxylic acids is 1. The molecule has 1 aliphatic rings. The normalized spacial score (nSPS) is 17.6. The standard InChI is InChI=1S/C14H19N3O2S/c1-14(2)4-6-17(7-5-14)12-10(13(18)19-3)11(16)9(8-15)20-12/h4-7,16H2,1-3H3. The van der Waals surface area contributed by atoms with E-state index >= 15 is 0 Å². The van der Waals surface area contributed by atoms with Crippen molar-refractivity contribution in [2.75, 3.05) is 30.8 Å². The monoisotopic (exact) mass is 293 g/mol. The van der Waals surface area contributed by atoms with E-state index in [0.717, 1.165) is 30.9 Å². The average molecular weight is 293 g/mol. The number of methoxy groups -OCH3 is 1. The van der Waals surface area contributed by atoms with Crippen LogP contribution in [0.2, 0.25) is 0 Å². The minimum absolute atomic E-state index is 0.240. The molecular weight excluding hydrogens is 274 g/mol. The number of hydrogen-bond donors (Lipinski definition) is 1. The molecule has 0 aliphatic carbocycles. The Morgan fingerprint density at radius 2 is 2.05 bits per heavy atom. The molecule has 1 aromatic rings. The van der Waals surface area contributed by atoms with Crippen molar-refractivity contribution in [3.63, 3.8) is 0 Å². The molecule has 0 amide bonds. The second kappa shape index (κ2) is 5.33. The summed E-state index contributed by atoms with van der Waals surface area (Å²) in [6, 6.07) is 2.05. The number of nitrogens with zero attached hydrogens (tertiary/aromatic N) is 2. The first-order valence-corrected chi connectivity index (χ1v) is 7.37. The molecule has 1 aromatic heterocycles. The van der Waals surface area contributed by atoms with Gasteiger partial charge in [0, 0.05) is 13.1 Å². The van der Waals surface area contributed by atoms with Gasteiger partial charge in [-0.3, -0.25) is 0 Å². The zero-order valence-electron chi connectivity index (χ0n) is 12.0. The van der Waals surface area contributed by atoms with Crippen molar-refractivity contribution in [1.29, 1.82) is 5.26 Å². The van der Waals surface area contributed by atoms with Gasteiger partial charge in [-0.15, -0.1) is 11.3 Å². The SMILES string of the molecule is COC(=O)c1c(N2CCC(C)(C)CC2)sc(C#N)c1N. The Hall–Kier alpha value is -1.74. The largest absolute Gasteiger partial charge is 0.465 e. The summed E-state index contributed by atoms with van der Waals surface area (Å²) in [7, 11) is 1.33. The molecular formula is C14H19N3O2S. The number of nitrogens with two attached hydrogens (primary N) is 1. The number of esters is 1. The molecule has 2 rings (SSSR count). The van der Waals surface area contributed by atoms with Gasteiger partial charge in [-0.25, -0.2) is 4.79 Å². The lowest BCUT2D eigenvalue weighted by molar-refractivity contribution is 0.0603. The number of piperidine rings is 1. The summed E-state index contributed by atoms with van der Waals surface area (Å²) in [5.41, 5.74) is 6.82. The van der Waals surface area contributed by atoms with Crippen LogP contribution in [0.15, 0.2) is 0 Å². The van der Waals surface area contributed by atoms with Gasteiger partial charge >= 0.3 is 5.97 Å². The van der Waals surface area contributed by atoms with Crippen molar-refractivity contribution in [3.8, 4) is 6.07 Å². The summed E-state index contributed by atoms with van der Waals surface area (Å²) in [6.45, 7) is 6.22. The van der Waals surface area contributed by atoms with Crippen LogP contribution in [0.25, 0.3) is 0 Å². The average Bonchev–Trinajstić information content (AvgIpc) is 2.75. The van der Waals surface area contributed by atoms with Gasteiger partial charge in [0.15, 0.2) is 0 Å². The summed E-state index contributed by atoms with van der Waals surface area (Å²) in [6.07, 6.45) is 2.10. The smallest absolute Gasteiger partial charge is 0.343 e. The molecule has 5 nitrogen and oxygen atoms in total. The molecule has 1 saturated heterocycles. The Labute approximate surface area is 122 Å². The minimum atomic E-state index is -0.472. The Morgan fingerprint density at radius 3 is 2.55 bits per heavy atom. The predicted molar refractivity (Wildman–Crippen MR) is 80.0 cm³/mol. The van der Waals surface area contributed by atoms with E-state index in [0.29, 0.717) is 15.9 Å². The van der Waals surface area contributed by atoms with E-state index in [1.807, 2.05) is 6.07 Å². The van der Waals surface area contributed by atoms with Crippen LogP contribution in [-0.4, -0.2) is 26.2 Å². The van der Waals surface area contributed by atoms with Gasteiger partial charge in [-0.1, -0.05) is 13.8 Å². The van der Waals surface area contributed by atoms with E-state index in [4.69, 9.17) is 15.7 Å². The summed E-state index contributed by atoms with van der Waals surface area (Å²) in [5.74, 6) is -0.472. The highest BCUT2D eigenvalue weighted by molar-refractivity contribution is 7.17. The molecule has 0 spiro atoms. The summed E-state index contributed by atoms with van der Waals surface area (Å²) in [5, 5.41) is 9.87.